The van der Waals surface area contributed by atoms with E-state index in [1.165, 1.54) is 0 Å². The van der Waals surface area contributed by atoms with Gasteiger partial charge in [0.2, 0.25) is 0 Å². The first-order chi connectivity index (χ1) is 10.2. The molecule has 2 heterocycles. The molecule has 0 unspecified atom stereocenters. The van der Waals surface area contributed by atoms with Gasteiger partial charge in [0.1, 0.15) is 16.3 Å². The van der Waals surface area contributed by atoms with Crippen molar-refractivity contribution in [3.8, 4) is 0 Å². The van der Waals surface area contributed by atoms with Crippen LogP contribution in [0.25, 0.3) is 10.2 Å². The molecule has 22 heavy (non-hydrogen) atoms. The van der Waals surface area contributed by atoms with Crippen molar-refractivity contribution in [2.45, 2.75) is 13.1 Å². The van der Waals surface area contributed by atoms with Gasteiger partial charge >= 0.3 is 12.1 Å². The monoisotopic (exact) mass is 335 g/mol. The lowest BCUT2D eigenvalue weighted by atomic mass is 10.3. The second-order valence-electron chi connectivity index (χ2n) is 4.51. The van der Waals surface area contributed by atoms with Gasteiger partial charge < -0.3 is 10.1 Å². The minimum Gasteiger partial charge on any atom is -0.451 e. The fraction of sp³-hybridized carbons (Fsp3) is 0.417. The van der Waals surface area contributed by atoms with Crippen molar-refractivity contribution in [2.24, 2.45) is 7.05 Å². The van der Waals surface area contributed by atoms with Gasteiger partial charge in [-0.05, 0) is 13.0 Å². The van der Waals surface area contributed by atoms with Crippen LogP contribution in [0.3, 0.4) is 0 Å². The average molecular weight is 335 g/mol. The first-order valence-electron chi connectivity index (χ1n) is 6.11. The van der Waals surface area contributed by atoms with Crippen molar-refractivity contribution >= 4 is 33.4 Å². The van der Waals surface area contributed by atoms with Crippen LogP contribution in [0.15, 0.2) is 6.07 Å². The zero-order valence-electron chi connectivity index (χ0n) is 11.7. The molecule has 1 amide bonds. The van der Waals surface area contributed by atoms with Gasteiger partial charge in [-0.25, -0.2) is 4.79 Å². The summed E-state index contributed by atoms with van der Waals surface area (Å²) in [6, 6.07) is 1.58. The number of hydrogen-bond donors (Lipinski definition) is 1. The number of carbonyl (C=O) groups is 2. The van der Waals surface area contributed by atoms with E-state index in [9.17, 15) is 22.8 Å². The van der Waals surface area contributed by atoms with Crippen LogP contribution in [0, 0.1) is 6.92 Å². The van der Waals surface area contributed by atoms with Crippen molar-refractivity contribution in [3.05, 3.63) is 16.6 Å². The van der Waals surface area contributed by atoms with E-state index >= 15 is 0 Å². The maximum absolute atomic E-state index is 11.9. The van der Waals surface area contributed by atoms with Crippen LogP contribution in [0.5, 0.6) is 0 Å². The number of nitrogens with zero attached hydrogens (tertiary/aromatic N) is 2. The van der Waals surface area contributed by atoms with E-state index in [2.05, 4.69) is 5.10 Å². The van der Waals surface area contributed by atoms with Crippen LogP contribution in [0.1, 0.15) is 15.4 Å². The fourth-order valence-corrected chi connectivity index (χ4v) is 2.77. The van der Waals surface area contributed by atoms with Crippen LogP contribution in [0.2, 0.25) is 0 Å². The van der Waals surface area contributed by atoms with E-state index in [0.29, 0.717) is 0 Å². The molecule has 0 aromatic carbocycles. The van der Waals surface area contributed by atoms with Gasteiger partial charge in [-0.15, -0.1) is 11.3 Å². The largest absolute Gasteiger partial charge is 0.451 e. The maximum Gasteiger partial charge on any atom is 0.405 e. The summed E-state index contributed by atoms with van der Waals surface area (Å²) in [6.45, 7) is -0.438. The summed E-state index contributed by atoms with van der Waals surface area (Å²) in [5, 5.41) is 6.59. The van der Waals surface area contributed by atoms with Crippen molar-refractivity contribution < 1.29 is 27.5 Å². The fourth-order valence-electron chi connectivity index (χ4n) is 1.76. The Kier molecular flexibility index (Phi) is 4.40. The molecule has 120 valence electrons. The molecule has 0 fully saturated rings. The van der Waals surface area contributed by atoms with E-state index in [-0.39, 0.29) is 4.88 Å². The molecule has 0 atom stereocenters. The van der Waals surface area contributed by atoms with Gasteiger partial charge in [0.15, 0.2) is 6.61 Å². The number of aryl methyl sites for hydroxylation is 2. The highest BCUT2D eigenvalue weighted by atomic mass is 32.1. The third-order valence-corrected chi connectivity index (χ3v) is 3.90. The molecule has 0 spiro atoms. The molecule has 2 aromatic rings. The number of ether oxygens (including phenoxy) is 1. The van der Waals surface area contributed by atoms with Crippen LogP contribution in [-0.4, -0.2) is 41.0 Å². The van der Waals surface area contributed by atoms with Gasteiger partial charge in [-0.3, -0.25) is 9.48 Å². The number of hydrogen-bond acceptors (Lipinski definition) is 5. The molecular weight excluding hydrogens is 323 g/mol. The van der Waals surface area contributed by atoms with Gasteiger partial charge in [0.05, 0.1) is 5.69 Å². The van der Waals surface area contributed by atoms with E-state index in [1.54, 1.807) is 30.0 Å². The lowest BCUT2D eigenvalue weighted by Crippen LogP contribution is -2.36. The third-order valence-electron chi connectivity index (χ3n) is 2.72. The normalized spacial score (nSPS) is 11.7. The molecule has 0 saturated heterocycles. The number of esters is 1. The number of halogens is 3. The van der Waals surface area contributed by atoms with Crippen molar-refractivity contribution in [3.63, 3.8) is 0 Å². The molecule has 6 nitrogen and oxygen atoms in total. The highest BCUT2D eigenvalue weighted by Gasteiger charge is 2.28. The van der Waals surface area contributed by atoms with E-state index < -0.39 is 31.2 Å². The van der Waals surface area contributed by atoms with Crippen molar-refractivity contribution in [1.29, 1.82) is 0 Å². The van der Waals surface area contributed by atoms with Gasteiger partial charge in [0.25, 0.3) is 5.91 Å². The Labute approximate surface area is 126 Å². The van der Waals surface area contributed by atoms with E-state index in [0.717, 1.165) is 27.2 Å². The third kappa shape index (κ3) is 3.75. The van der Waals surface area contributed by atoms with Crippen LogP contribution in [0.4, 0.5) is 13.2 Å². The zero-order valence-corrected chi connectivity index (χ0v) is 12.5. The number of fused-ring (bicyclic) bond motifs is 1. The minimum atomic E-state index is -4.50. The predicted molar refractivity (Wildman–Crippen MR) is 72.7 cm³/mol. The number of alkyl halides is 3. The number of aromatic nitrogens is 2. The Bertz CT molecular complexity index is 686. The molecule has 1 N–H and O–H groups in total. The maximum atomic E-state index is 11.9. The number of amides is 1. The summed E-state index contributed by atoms with van der Waals surface area (Å²) in [4.78, 5) is 24.0. The van der Waals surface area contributed by atoms with Crippen LogP contribution in [-0.2, 0) is 16.6 Å². The van der Waals surface area contributed by atoms with Crippen molar-refractivity contribution in [2.75, 3.05) is 13.2 Å². The minimum absolute atomic E-state index is 0.259. The lowest BCUT2D eigenvalue weighted by molar-refractivity contribution is -0.140. The summed E-state index contributed by atoms with van der Waals surface area (Å²) in [6.07, 6.45) is -4.50. The Morgan fingerprint density at radius 2 is 2.14 bits per heavy atom. The number of thiophene rings is 1. The number of carbonyl (C=O) groups excluding carboxylic acids is 2. The van der Waals surface area contributed by atoms with Crippen molar-refractivity contribution in [1.82, 2.24) is 15.1 Å². The topological polar surface area (TPSA) is 73.2 Å². The molecule has 0 radical (unpaired) electrons. The molecule has 0 aliphatic rings. The highest BCUT2D eigenvalue weighted by molar-refractivity contribution is 7.20. The molecule has 2 rings (SSSR count). The van der Waals surface area contributed by atoms with Crippen LogP contribution < -0.4 is 5.32 Å². The Hall–Kier alpha value is -2.10. The quantitative estimate of drug-likeness (QED) is 0.865. The molecule has 0 aliphatic carbocycles. The smallest absolute Gasteiger partial charge is 0.405 e. The zero-order chi connectivity index (χ0) is 16.5. The first-order valence-corrected chi connectivity index (χ1v) is 6.93. The lowest BCUT2D eigenvalue weighted by Gasteiger charge is -2.08. The second-order valence-corrected chi connectivity index (χ2v) is 5.54. The molecule has 0 saturated carbocycles. The average Bonchev–Trinajstić information content (AvgIpc) is 2.96. The van der Waals surface area contributed by atoms with Crippen LogP contribution >= 0.6 is 11.3 Å². The molecule has 0 aliphatic heterocycles. The summed E-state index contributed by atoms with van der Waals surface area (Å²) >= 11 is 1.14. The molecule has 2 aromatic heterocycles. The Morgan fingerprint density at radius 1 is 1.45 bits per heavy atom. The summed E-state index contributed by atoms with van der Waals surface area (Å²) < 4.78 is 42.0. The highest BCUT2D eigenvalue weighted by Crippen LogP contribution is 2.28. The standard InChI is InChI=1S/C12H12F3N3O3S/c1-6-7-3-8(22-10(7)18(2)17-6)11(20)21-4-9(19)16-5-12(13,14)15/h3H,4-5H2,1-2H3,(H,16,19). The molecule has 10 heteroatoms. The Morgan fingerprint density at radius 3 is 2.73 bits per heavy atom. The van der Waals surface area contributed by atoms with E-state index in [1.807, 2.05) is 0 Å². The second kappa shape index (κ2) is 5.95. The Balaban J connectivity index is 1.94. The number of nitrogens with one attached hydrogen (secondary N) is 1. The van der Waals surface area contributed by atoms with E-state index in [4.69, 9.17) is 4.74 Å². The molecule has 0 bridgehead atoms. The first kappa shape index (κ1) is 16.3. The van der Waals surface area contributed by atoms with Gasteiger partial charge in [-0.2, -0.15) is 18.3 Å². The molecular formula is C12H12F3N3O3S. The summed E-state index contributed by atoms with van der Waals surface area (Å²) in [5.41, 5.74) is 0.746. The number of rotatable bonds is 4. The SMILES string of the molecule is Cc1nn(C)c2sc(C(=O)OCC(=O)NCC(F)(F)F)cc12. The predicted octanol–water partition coefficient (Wildman–Crippen LogP) is 1.78. The van der Waals surface area contributed by atoms with Gasteiger partial charge in [0, 0.05) is 12.4 Å². The van der Waals surface area contributed by atoms with Gasteiger partial charge in [-0.1, -0.05) is 0 Å². The summed E-state index contributed by atoms with van der Waals surface area (Å²) in [5.74, 6) is -1.77. The summed E-state index contributed by atoms with van der Waals surface area (Å²) in [7, 11) is 1.73.